The average molecular weight is 417 g/mol. The number of carboxylic acid groups (broad SMARTS) is 1. The van der Waals surface area contributed by atoms with Crippen molar-refractivity contribution >= 4 is 27.5 Å². The van der Waals surface area contributed by atoms with E-state index in [4.69, 9.17) is 0 Å². The summed E-state index contributed by atoms with van der Waals surface area (Å²) in [4.78, 5) is 29.8. The van der Waals surface area contributed by atoms with E-state index in [1.807, 2.05) is 11.4 Å². The first-order valence-electron chi connectivity index (χ1n) is 10.0. The van der Waals surface area contributed by atoms with Gasteiger partial charge in [0, 0.05) is 10.9 Å². The summed E-state index contributed by atoms with van der Waals surface area (Å²) < 4.78 is 1.55. The monoisotopic (exact) mass is 416 g/mol. The number of hydrogen-bond donors (Lipinski definition) is 1. The van der Waals surface area contributed by atoms with Crippen LogP contribution >= 0.6 is 11.3 Å². The quantitative estimate of drug-likeness (QED) is 0.521. The number of aromatic nitrogens is 2. The van der Waals surface area contributed by atoms with Crippen LogP contribution in [0.4, 0.5) is 0 Å². The van der Waals surface area contributed by atoms with E-state index in [9.17, 15) is 14.7 Å². The van der Waals surface area contributed by atoms with Crippen LogP contribution in [0.15, 0.2) is 59.0 Å². The Kier molecular flexibility index (Phi) is 4.71. The predicted molar refractivity (Wildman–Crippen MR) is 118 cm³/mol. The van der Waals surface area contributed by atoms with Crippen molar-refractivity contribution in [3.05, 3.63) is 86.8 Å². The Bertz CT molecular complexity index is 1340. The molecule has 5 rings (SSSR count). The predicted octanol–water partition coefficient (Wildman–Crippen LogP) is 4.75. The van der Waals surface area contributed by atoms with Crippen LogP contribution in [0.5, 0.6) is 0 Å². The minimum absolute atomic E-state index is 0.102. The number of carboxylic acids is 1. The maximum Gasteiger partial charge on any atom is 0.335 e. The van der Waals surface area contributed by atoms with Gasteiger partial charge in [0.2, 0.25) is 0 Å². The first-order valence-corrected chi connectivity index (χ1v) is 10.9. The Hall–Kier alpha value is -3.25. The van der Waals surface area contributed by atoms with Gasteiger partial charge in [-0.05, 0) is 60.1 Å². The SMILES string of the molecule is O=C(O)c1cccc(Cn2cnc3scc(-c4ccc5c(c4)CCCC5)c3c2=O)c1. The molecule has 0 atom stereocenters. The number of aryl methyl sites for hydroxylation is 2. The number of benzene rings is 2. The zero-order valence-corrected chi connectivity index (χ0v) is 17.1. The molecule has 0 unspecified atom stereocenters. The second-order valence-electron chi connectivity index (χ2n) is 7.70. The van der Waals surface area contributed by atoms with E-state index in [0.717, 1.165) is 34.4 Å². The van der Waals surface area contributed by atoms with E-state index in [1.54, 1.807) is 29.1 Å². The van der Waals surface area contributed by atoms with Crippen LogP contribution in [0, 0.1) is 0 Å². The van der Waals surface area contributed by atoms with Gasteiger partial charge in [-0.2, -0.15) is 0 Å². The molecule has 1 N–H and O–H groups in total. The third-order valence-corrected chi connectivity index (χ3v) is 6.63. The van der Waals surface area contributed by atoms with Gasteiger partial charge in [-0.1, -0.05) is 30.3 Å². The normalized spacial score (nSPS) is 13.3. The van der Waals surface area contributed by atoms with Gasteiger partial charge >= 0.3 is 5.97 Å². The number of carbonyl (C=O) groups is 1. The summed E-state index contributed by atoms with van der Waals surface area (Å²) >= 11 is 1.48. The molecule has 0 saturated heterocycles. The number of hydrogen-bond acceptors (Lipinski definition) is 4. The van der Waals surface area contributed by atoms with Crippen LogP contribution in [0.2, 0.25) is 0 Å². The second kappa shape index (κ2) is 7.54. The van der Waals surface area contributed by atoms with Crippen LogP contribution in [-0.2, 0) is 19.4 Å². The Balaban J connectivity index is 1.57. The minimum Gasteiger partial charge on any atom is -0.478 e. The molecular weight excluding hydrogens is 396 g/mol. The number of nitrogens with zero attached hydrogens (tertiary/aromatic N) is 2. The molecule has 0 radical (unpaired) electrons. The summed E-state index contributed by atoms with van der Waals surface area (Å²) in [6, 6.07) is 13.2. The maximum absolute atomic E-state index is 13.3. The molecular formula is C24H20N2O3S. The van der Waals surface area contributed by atoms with Gasteiger partial charge in [-0.15, -0.1) is 11.3 Å². The molecule has 0 spiro atoms. The molecule has 0 bridgehead atoms. The molecule has 6 heteroatoms. The number of rotatable bonds is 4. The topological polar surface area (TPSA) is 72.2 Å². The zero-order chi connectivity index (χ0) is 20.7. The number of fused-ring (bicyclic) bond motifs is 2. The first kappa shape index (κ1) is 18.8. The van der Waals surface area contributed by atoms with E-state index in [0.29, 0.717) is 5.39 Å². The third kappa shape index (κ3) is 3.33. The molecule has 4 aromatic rings. The Labute approximate surface area is 177 Å². The molecule has 5 nitrogen and oxygen atoms in total. The smallest absolute Gasteiger partial charge is 0.335 e. The molecule has 30 heavy (non-hydrogen) atoms. The highest BCUT2D eigenvalue weighted by Crippen LogP contribution is 2.33. The van der Waals surface area contributed by atoms with E-state index >= 15 is 0 Å². The van der Waals surface area contributed by atoms with Crippen LogP contribution < -0.4 is 5.56 Å². The first-order chi connectivity index (χ1) is 14.6. The largest absolute Gasteiger partial charge is 0.478 e. The number of thiophene rings is 1. The molecule has 2 aromatic heterocycles. The van der Waals surface area contributed by atoms with Crippen LogP contribution in [-0.4, -0.2) is 20.6 Å². The summed E-state index contributed by atoms with van der Waals surface area (Å²) in [5.41, 5.74) is 5.64. The van der Waals surface area contributed by atoms with Crippen molar-refractivity contribution in [2.45, 2.75) is 32.2 Å². The summed E-state index contributed by atoms with van der Waals surface area (Å²) in [7, 11) is 0. The maximum atomic E-state index is 13.3. The van der Waals surface area contributed by atoms with Crippen molar-refractivity contribution in [2.24, 2.45) is 0 Å². The lowest BCUT2D eigenvalue weighted by Gasteiger charge is -2.16. The van der Waals surface area contributed by atoms with Gasteiger partial charge < -0.3 is 5.11 Å². The lowest BCUT2D eigenvalue weighted by Crippen LogP contribution is -2.21. The van der Waals surface area contributed by atoms with E-state index < -0.39 is 5.97 Å². The van der Waals surface area contributed by atoms with E-state index in [1.165, 1.54) is 35.3 Å². The van der Waals surface area contributed by atoms with Crippen molar-refractivity contribution in [2.75, 3.05) is 0 Å². The molecule has 150 valence electrons. The highest BCUT2D eigenvalue weighted by Gasteiger charge is 2.16. The summed E-state index contributed by atoms with van der Waals surface area (Å²) in [6.07, 6.45) is 6.22. The van der Waals surface area contributed by atoms with E-state index in [-0.39, 0.29) is 17.7 Å². The van der Waals surface area contributed by atoms with Crippen molar-refractivity contribution < 1.29 is 9.90 Å². The van der Waals surface area contributed by atoms with Crippen molar-refractivity contribution in [3.63, 3.8) is 0 Å². The van der Waals surface area contributed by atoms with Crippen LogP contribution in [0.1, 0.15) is 39.9 Å². The van der Waals surface area contributed by atoms with Crippen molar-refractivity contribution in [1.29, 1.82) is 0 Å². The lowest BCUT2D eigenvalue weighted by atomic mass is 9.89. The Morgan fingerprint density at radius 2 is 1.93 bits per heavy atom. The zero-order valence-electron chi connectivity index (χ0n) is 16.3. The van der Waals surface area contributed by atoms with Gasteiger partial charge in [0.15, 0.2) is 0 Å². The fourth-order valence-corrected chi connectivity index (χ4v) is 5.10. The fraction of sp³-hybridized carbons (Fsp3) is 0.208. The van der Waals surface area contributed by atoms with Crippen LogP contribution in [0.3, 0.4) is 0 Å². The second-order valence-corrected chi connectivity index (χ2v) is 8.56. The van der Waals surface area contributed by atoms with Gasteiger partial charge in [0.05, 0.1) is 23.8 Å². The molecule has 1 aliphatic rings. The van der Waals surface area contributed by atoms with Gasteiger partial charge in [0.1, 0.15) is 4.83 Å². The van der Waals surface area contributed by atoms with Crippen molar-refractivity contribution in [1.82, 2.24) is 9.55 Å². The van der Waals surface area contributed by atoms with E-state index in [2.05, 4.69) is 23.2 Å². The molecule has 2 heterocycles. The molecule has 1 aliphatic carbocycles. The van der Waals surface area contributed by atoms with Gasteiger partial charge in [-0.3, -0.25) is 9.36 Å². The molecule has 0 amide bonds. The van der Waals surface area contributed by atoms with Crippen molar-refractivity contribution in [3.8, 4) is 11.1 Å². The number of aromatic carboxylic acids is 1. The molecule has 2 aromatic carbocycles. The summed E-state index contributed by atoms with van der Waals surface area (Å²) in [6.45, 7) is 0.280. The Morgan fingerprint density at radius 3 is 2.77 bits per heavy atom. The average Bonchev–Trinajstić information content (AvgIpc) is 3.20. The lowest BCUT2D eigenvalue weighted by molar-refractivity contribution is 0.0696. The Morgan fingerprint density at radius 1 is 1.10 bits per heavy atom. The summed E-state index contributed by atoms with van der Waals surface area (Å²) in [5.74, 6) is -0.981. The molecule has 0 aliphatic heterocycles. The van der Waals surface area contributed by atoms with Gasteiger partial charge in [-0.25, -0.2) is 9.78 Å². The highest BCUT2D eigenvalue weighted by molar-refractivity contribution is 7.17. The third-order valence-electron chi connectivity index (χ3n) is 5.75. The molecule has 0 fully saturated rings. The van der Waals surface area contributed by atoms with Gasteiger partial charge in [0.25, 0.3) is 5.56 Å². The summed E-state index contributed by atoms with van der Waals surface area (Å²) in [5, 5.41) is 11.9. The fourth-order valence-electron chi connectivity index (χ4n) is 4.19. The standard InChI is InChI=1S/C24H20N2O3S/c27-23-21-20(18-9-8-16-5-1-2-6-17(16)11-18)13-30-22(21)25-14-26(23)12-15-4-3-7-19(10-15)24(28)29/h3-4,7-11,13-14H,1-2,5-6,12H2,(H,28,29). The minimum atomic E-state index is -0.981. The van der Waals surface area contributed by atoms with Crippen LogP contribution in [0.25, 0.3) is 21.3 Å². The molecule has 0 saturated carbocycles. The highest BCUT2D eigenvalue weighted by atomic mass is 32.1.